The number of carbonyl (C=O) groups is 4. The molecule has 0 aliphatic heterocycles. The summed E-state index contributed by atoms with van der Waals surface area (Å²) in [6, 6.07) is 12.9. The molecule has 10 heteroatoms. The average molecular weight is 427 g/mol. The van der Waals surface area contributed by atoms with E-state index < -0.39 is 29.7 Å². The van der Waals surface area contributed by atoms with Crippen LogP contribution in [0.1, 0.15) is 36.7 Å². The Morgan fingerprint density at radius 2 is 1.68 bits per heavy atom. The van der Waals surface area contributed by atoms with Gasteiger partial charge >= 0.3 is 18.2 Å². The lowest BCUT2D eigenvalue weighted by molar-refractivity contribution is 0.0523. The Morgan fingerprint density at radius 1 is 1.00 bits per heavy atom. The summed E-state index contributed by atoms with van der Waals surface area (Å²) in [5.74, 6) is -0.645. The maximum Gasteiger partial charge on any atom is 0.427 e. The predicted octanol–water partition coefficient (Wildman–Crippen LogP) is 2.65. The first-order chi connectivity index (χ1) is 14.5. The molecule has 164 valence electrons. The molecule has 2 aromatic carbocycles. The van der Waals surface area contributed by atoms with Crippen LogP contribution in [0.4, 0.5) is 20.1 Å². The standard InChI is InChI=1S/C21H25N5O5/c1-21(2,3)31-20(30)25-26(16-11-7-8-14(12-16)13-23-18(22)28)19(29)24-17(27)15-9-5-4-6-10-15/h4-12H,13H2,1-3H3,(H,25,30)(H3,22,23,28)(H,24,27,29). The summed E-state index contributed by atoms with van der Waals surface area (Å²) in [5, 5.41) is 5.51. The third-order valence-corrected chi connectivity index (χ3v) is 3.70. The first kappa shape index (κ1) is 23.2. The SMILES string of the molecule is CC(C)(C)OC(=O)NN(C(=O)NC(=O)c1ccccc1)c1cccc(CNC(N)=O)c1. The Morgan fingerprint density at radius 3 is 2.29 bits per heavy atom. The van der Waals surface area contributed by atoms with E-state index in [4.69, 9.17) is 10.5 Å². The molecule has 0 radical (unpaired) electrons. The highest BCUT2D eigenvalue weighted by Crippen LogP contribution is 2.16. The first-order valence-corrected chi connectivity index (χ1v) is 9.37. The van der Waals surface area contributed by atoms with Crippen LogP contribution < -0.4 is 26.8 Å². The Labute approximate surface area is 179 Å². The van der Waals surface area contributed by atoms with Gasteiger partial charge < -0.3 is 15.8 Å². The molecule has 2 rings (SSSR count). The molecule has 0 aliphatic rings. The van der Waals surface area contributed by atoms with Gasteiger partial charge in [-0.1, -0.05) is 30.3 Å². The molecule has 0 bridgehead atoms. The highest BCUT2D eigenvalue weighted by atomic mass is 16.6. The van der Waals surface area contributed by atoms with Crippen LogP contribution in [-0.4, -0.2) is 29.7 Å². The number of carbonyl (C=O) groups excluding carboxylic acids is 4. The predicted molar refractivity (Wildman–Crippen MR) is 114 cm³/mol. The van der Waals surface area contributed by atoms with Crippen LogP contribution in [0.5, 0.6) is 0 Å². The number of hydrogen-bond donors (Lipinski definition) is 4. The number of rotatable bonds is 4. The fourth-order valence-electron chi connectivity index (χ4n) is 2.43. The maximum absolute atomic E-state index is 12.8. The van der Waals surface area contributed by atoms with Gasteiger partial charge in [0.25, 0.3) is 5.91 Å². The Bertz CT molecular complexity index is 956. The van der Waals surface area contributed by atoms with Gasteiger partial charge in [0.1, 0.15) is 5.60 Å². The van der Waals surface area contributed by atoms with Gasteiger partial charge in [0.05, 0.1) is 5.69 Å². The van der Waals surface area contributed by atoms with Crippen LogP contribution in [0, 0.1) is 0 Å². The molecule has 0 aromatic heterocycles. The Hall–Kier alpha value is -4.08. The van der Waals surface area contributed by atoms with Gasteiger partial charge in [0.2, 0.25) is 0 Å². The van der Waals surface area contributed by atoms with E-state index in [0.717, 1.165) is 5.01 Å². The molecule has 0 saturated carbocycles. The lowest BCUT2D eigenvalue weighted by Gasteiger charge is -2.26. The van der Waals surface area contributed by atoms with E-state index in [0.29, 0.717) is 5.56 Å². The van der Waals surface area contributed by atoms with Gasteiger partial charge in [0, 0.05) is 12.1 Å². The van der Waals surface area contributed by atoms with Gasteiger partial charge in [-0.3, -0.25) is 10.1 Å². The van der Waals surface area contributed by atoms with Gasteiger partial charge in [-0.2, -0.15) is 5.01 Å². The van der Waals surface area contributed by atoms with Gasteiger partial charge in [-0.25, -0.2) is 19.8 Å². The Balaban J connectivity index is 2.26. The fraction of sp³-hybridized carbons (Fsp3) is 0.238. The first-order valence-electron chi connectivity index (χ1n) is 9.37. The second kappa shape index (κ2) is 10.1. The van der Waals surface area contributed by atoms with E-state index in [9.17, 15) is 19.2 Å². The number of urea groups is 2. The van der Waals surface area contributed by atoms with E-state index in [1.807, 2.05) is 0 Å². The third-order valence-electron chi connectivity index (χ3n) is 3.70. The number of benzene rings is 2. The monoisotopic (exact) mass is 427 g/mol. The zero-order valence-electron chi connectivity index (χ0n) is 17.5. The summed E-state index contributed by atoms with van der Waals surface area (Å²) >= 11 is 0. The summed E-state index contributed by atoms with van der Waals surface area (Å²) in [6.45, 7) is 5.12. The molecule has 2 aromatic rings. The molecule has 6 amide bonds. The summed E-state index contributed by atoms with van der Waals surface area (Å²) in [7, 11) is 0. The summed E-state index contributed by atoms with van der Waals surface area (Å²) < 4.78 is 5.21. The van der Waals surface area contributed by atoms with Crippen LogP contribution >= 0.6 is 0 Å². The number of amides is 6. The maximum atomic E-state index is 12.8. The number of nitrogens with zero attached hydrogens (tertiary/aromatic N) is 1. The number of primary amides is 1. The zero-order valence-corrected chi connectivity index (χ0v) is 17.5. The topological polar surface area (TPSA) is 143 Å². The van der Waals surface area contributed by atoms with Crippen LogP contribution in [0.2, 0.25) is 0 Å². The second-order valence-electron chi connectivity index (χ2n) is 7.46. The lowest BCUT2D eigenvalue weighted by atomic mass is 10.2. The molecule has 0 unspecified atom stereocenters. The molecule has 5 N–H and O–H groups in total. The lowest BCUT2D eigenvalue weighted by Crippen LogP contribution is -2.53. The molecule has 10 nitrogen and oxygen atoms in total. The summed E-state index contributed by atoms with van der Waals surface area (Å²) in [5.41, 5.74) is 7.72. The summed E-state index contributed by atoms with van der Waals surface area (Å²) in [6.07, 6.45) is -0.893. The number of nitrogens with two attached hydrogens (primary N) is 1. The van der Waals surface area contributed by atoms with Crippen molar-refractivity contribution in [2.45, 2.75) is 32.9 Å². The molecule has 0 fully saturated rings. The number of imide groups is 1. The van der Waals surface area contributed by atoms with Gasteiger partial charge in [-0.15, -0.1) is 0 Å². The third kappa shape index (κ3) is 7.69. The van der Waals surface area contributed by atoms with E-state index >= 15 is 0 Å². The van der Waals surface area contributed by atoms with E-state index in [1.165, 1.54) is 6.07 Å². The van der Waals surface area contributed by atoms with E-state index in [2.05, 4.69) is 16.1 Å². The van der Waals surface area contributed by atoms with Crippen LogP contribution in [0.25, 0.3) is 0 Å². The number of hydrazine groups is 1. The number of ether oxygens (including phenoxy) is 1. The molecular weight excluding hydrogens is 402 g/mol. The number of nitrogens with one attached hydrogen (secondary N) is 3. The van der Waals surface area contributed by atoms with Crippen LogP contribution in [-0.2, 0) is 11.3 Å². The fourth-order valence-corrected chi connectivity index (χ4v) is 2.43. The number of hydrogen-bond acceptors (Lipinski definition) is 5. The normalized spacial score (nSPS) is 10.5. The van der Waals surface area contributed by atoms with E-state index in [-0.39, 0.29) is 17.8 Å². The van der Waals surface area contributed by atoms with Crippen LogP contribution in [0.15, 0.2) is 54.6 Å². The Kier molecular flexibility index (Phi) is 7.56. The largest absolute Gasteiger partial charge is 0.443 e. The van der Waals surface area contributed by atoms with Crippen molar-refractivity contribution in [3.63, 3.8) is 0 Å². The zero-order chi connectivity index (χ0) is 23.0. The highest BCUT2D eigenvalue weighted by Gasteiger charge is 2.24. The molecular formula is C21H25N5O5. The van der Waals surface area contributed by atoms with Crippen molar-refractivity contribution in [2.75, 3.05) is 5.01 Å². The number of anilines is 1. The smallest absolute Gasteiger partial charge is 0.427 e. The van der Waals surface area contributed by atoms with E-state index in [1.54, 1.807) is 69.3 Å². The van der Waals surface area contributed by atoms with Crippen molar-refractivity contribution in [2.24, 2.45) is 5.73 Å². The van der Waals surface area contributed by atoms with Crippen LogP contribution in [0.3, 0.4) is 0 Å². The van der Waals surface area contributed by atoms with Crippen molar-refractivity contribution in [1.29, 1.82) is 0 Å². The van der Waals surface area contributed by atoms with Gasteiger partial charge in [0.15, 0.2) is 0 Å². The van der Waals surface area contributed by atoms with Crippen molar-refractivity contribution in [3.05, 3.63) is 65.7 Å². The van der Waals surface area contributed by atoms with Crippen molar-refractivity contribution < 1.29 is 23.9 Å². The average Bonchev–Trinajstić information content (AvgIpc) is 2.70. The molecule has 0 saturated heterocycles. The minimum absolute atomic E-state index is 0.105. The molecule has 31 heavy (non-hydrogen) atoms. The van der Waals surface area contributed by atoms with Crippen molar-refractivity contribution in [1.82, 2.24) is 16.1 Å². The quantitative estimate of drug-likeness (QED) is 0.555. The molecule has 0 heterocycles. The minimum atomic E-state index is -0.903. The molecule has 0 aliphatic carbocycles. The van der Waals surface area contributed by atoms with Crippen molar-refractivity contribution >= 4 is 29.8 Å². The minimum Gasteiger partial charge on any atom is -0.443 e. The van der Waals surface area contributed by atoms with Crippen molar-refractivity contribution in [3.8, 4) is 0 Å². The summed E-state index contributed by atoms with van der Waals surface area (Å²) in [4.78, 5) is 48.5. The molecule has 0 spiro atoms. The van der Waals surface area contributed by atoms with Gasteiger partial charge in [-0.05, 0) is 50.6 Å². The highest BCUT2D eigenvalue weighted by molar-refractivity contribution is 6.09. The molecule has 0 atom stereocenters. The second-order valence-corrected chi connectivity index (χ2v) is 7.46.